The summed E-state index contributed by atoms with van der Waals surface area (Å²) in [6.07, 6.45) is 1.79. The number of aryl methyl sites for hydroxylation is 2. The first kappa shape index (κ1) is 14.7. The second-order valence-corrected chi connectivity index (χ2v) is 6.56. The van der Waals surface area contributed by atoms with Crippen molar-refractivity contribution in [2.75, 3.05) is 7.11 Å². The molecule has 0 unspecified atom stereocenters. The van der Waals surface area contributed by atoms with Gasteiger partial charge in [-0.25, -0.2) is 4.98 Å². The van der Waals surface area contributed by atoms with E-state index in [0.29, 0.717) is 10.9 Å². The zero-order valence-corrected chi connectivity index (χ0v) is 13.5. The van der Waals surface area contributed by atoms with Crippen LogP contribution in [0.2, 0.25) is 0 Å². The number of imidazole rings is 1. The monoisotopic (exact) mass is 315 g/mol. The van der Waals surface area contributed by atoms with Gasteiger partial charge in [-0.2, -0.15) is 0 Å². The first-order chi connectivity index (χ1) is 10.6. The highest BCUT2D eigenvalue weighted by Crippen LogP contribution is 2.21. The second kappa shape index (κ2) is 5.88. The predicted octanol–water partition coefficient (Wildman–Crippen LogP) is 2.89. The lowest BCUT2D eigenvalue weighted by Gasteiger charge is -2.04. The molecule has 0 aliphatic heterocycles. The molecule has 114 valence electrons. The van der Waals surface area contributed by atoms with Gasteiger partial charge < -0.3 is 9.72 Å². The molecule has 0 spiro atoms. The van der Waals surface area contributed by atoms with Crippen LogP contribution < -0.4 is 4.74 Å². The minimum absolute atomic E-state index is 0.350. The molecule has 1 aromatic carbocycles. The minimum Gasteiger partial charge on any atom is -0.497 e. The number of ether oxygens (including phenoxy) is 1. The van der Waals surface area contributed by atoms with Crippen LogP contribution in [0.1, 0.15) is 16.8 Å². The van der Waals surface area contributed by atoms with Crippen molar-refractivity contribution in [2.45, 2.75) is 24.8 Å². The molecule has 2 aromatic heterocycles. The molecular formula is C16H17N3O2S. The Kier molecular flexibility index (Phi) is 3.94. The minimum atomic E-state index is -1.26. The van der Waals surface area contributed by atoms with Crippen molar-refractivity contribution in [1.29, 1.82) is 0 Å². The summed E-state index contributed by atoms with van der Waals surface area (Å²) in [5.74, 6) is 1.09. The number of benzene rings is 1. The quantitative estimate of drug-likeness (QED) is 0.804. The van der Waals surface area contributed by atoms with Crippen molar-refractivity contribution in [3.63, 3.8) is 0 Å². The summed E-state index contributed by atoms with van der Waals surface area (Å²) in [6.45, 7) is 3.98. The lowest BCUT2D eigenvalue weighted by molar-refractivity contribution is 0.415. The van der Waals surface area contributed by atoms with Crippen LogP contribution in [0.4, 0.5) is 0 Å². The highest BCUT2D eigenvalue weighted by molar-refractivity contribution is 7.84. The van der Waals surface area contributed by atoms with E-state index in [1.165, 1.54) is 0 Å². The third-order valence-electron chi connectivity index (χ3n) is 3.47. The van der Waals surface area contributed by atoms with E-state index in [9.17, 15) is 4.21 Å². The molecule has 2 heterocycles. The average Bonchev–Trinajstić information content (AvgIpc) is 2.93. The van der Waals surface area contributed by atoms with Crippen LogP contribution in [-0.2, 0) is 16.6 Å². The second-order valence-electron chi connectivity index (χ2n) is 5.19. The fourth-order valence-corrected chi connectivity index (χ4v) is 3.40. The van der Waals surface area contributed by atoms with E-state index in [1.54, 1.807) is 13.3 Å². The molecule has 0 amide bonds. The Morgan fingerprint density at radius 3 is 2.82 bits per heavy atom. The molecule has 1 atom stereocenters. The molecule has 0 bridgehead atoms. The van der Waals surface area contributed by atoms with Crippen LogP contribution in [0, 0.1) is 13.8 Å². The maximum absolute atomic E-state index is 12.5. The van der Waals surface area contributed by atoms with Crippen molar-refractivity contribution in [3.8, 4) is 5.75 Å². The first-order valence-electron chi connectivity index (χ1n) is 6.91. The van der Waals surface area contributed by atoms with E-state index < -0.39 is 10.8 Å². The van der Waals surface area contributed by atoms with E-state index in [2.05, 4.69) is 15.0 Å². The highest BCUT2D eigenvalue weighted by Gasteiger charge is 2.13. The van der Waals surface area contributed by atoms with Gasteiger partial charge in [0.25, 0.3) is 0 Å². The van der Waals surface area contributed by atoms with Gasteiger partial charge in [0.1, 0.15) is 5.75 Å². The summed E-state index contributed by atoms with van der Waals surface area (Å²) in [5, 5.41) is 0.463. The number of nitrogens with one attached hydrogen (secondary N) is 1. The van der Waals surface area contributed by atoms with Crippen LogP contribution >= 0.6 is 0 Å². The summed E-state index contributed by atoms with van der Waals surface area (Å²) in [5.41, 5.74) is 4.57. The number of rotatable bonds is 4. The van der Waals surface area contributed by atoms with E-state index in [0.717, 1.165) is 33.6 Å². The lowest BCUT2D eigenvalue weighted by atomic mass is 10.2. The fourth-order valence-electron chi connectivity index (χ4n) is 2.29. The van der Waals surface area contributed by atoms with Crippen LogP contribution in [0.3, 0.4) is 0 Å². The number of hydrogen-bond donors (Lipinski definition) is 1. The Balaban J connectivity index is 1.88. The van der Waals surface area contributed by atoms with Gasteiger partial charge >= 0.3 is 0 Å². The van der Waals surface area contributed by atoms with E-state index in [1.807, 2.05) is 38.1 Å². The smallest absolute Gasteiger partial charge is 0.197 e. The predicted molar refractivity (Wildman–Crippen MR) is 86.5 cm³/mol. The normalized spacial score (nSPS) is 12.5. The van der Waals surface area contributed by atoms with Gasteiger partial charge in [0.15, 0.2) is 5.16 Å². The van der Waals surface area contributed by atoms with Crippen LogP contribution in [0.25, 0.3) is 11.0 Å². The molecule has 3 rings (SSSR count). The Morgan fingerprint density at radius 1 is 1.27 bits per heavy atom. The number of hydrogen-bond acceptors (Lipinski definition) is 4. The Labute approximate surface area is 131 Å². The van der Waals surface area contributed by atoms with Crippen molar-refractivity contribution in [2.24, 2.45) is 0 Å². The molecule has 1 N–H and O–H groups in total. The maximum atomic E-state index is 12.5. The van der Waals surface area contributed by atoms with Crippen molar-refractivity contribution >= 4 is 21.8 Å². The largest absolute Gasteiger partial charge is 0.497 e. The van der Waals surface area contributed by atoms with E-state index in [-0.39, 0.29) is 0 Å². The summed E-state index contributed by atoms with van der Waals surface area (Å²) in [7, 11) is 0.351. The molecule has 0 fully saturated rings. The highest BCUT2D eigenvalue weighted by atomic mass is 32.2. The number of pyridine rings is 1. The Bertz CT molecular complexity index is 858. The number of nitrogens with zero attached hydrogens (tertiary/aromatic N) is 2. The third kappa shape index (κ3) is 2.87. The lowest BCUT2D eigenvalue weighted by Crippen LogP contribution is -2.03. The first-order valence-corrected chi connectivity index (χ1v) is 8.23. The Hall–Kier alpha value is -2.21. The van der Waals surface area contributed by atoms with Crippen LogP contribution in [-0.4, -0.2) is 26.3 Å². The van der Waals surface area contributed by atoms with Gasteiger partial charge in [0.2, 0.25) is 0 Å². The van der Waals surface area contributed by atoms with Crippen molar-refractivity contribution in [1.82, 2.24) is 15.0 Å². The number of fused-ring (bicyclic) bond motifs is 1. The third-order valence-corrected chi connectivity index (χ3v) is 4.63. The Morgan fingerprint density at radius 2 is 2.09 bits per heavy atom. The molecule has 0 aliphatic carbocycles. The summed E-state index contributed by atoms with van der Waals surface area (Å²) in [6, 6.07) is 7.57. The average molecular weight is 315 g/mol. The zero-order chi connectivity index (χ0) is 15.7. The van der Waals surface area contributed by atoms with Gasteiger partial charge in [-0.1, -0.05) is 6.07 Å². The molecule has 22 heavy (non-hydrogen) atoms. The molecule has 0 aliphatic rings. The van der Waals surface area contributed by atoms with Gasteiger partial charge in [0.05, 0.1) is 40.4 Å². The summed E-state index contributed by atoms with van der Waals surface area (Å²) < 4.78 is 17.7. The summed E-state index contributed by atoms with van der Waals surface area (Å²) in [4.78, 5) is 11.9. The fraction of sp³-hybridized carbons (Fsp3) is 0.250. The van der Waals surface area contributed by atoms with E-state index in [4.69, 9.17) is 4.74 Å². The van der Waals surface area contributed by atoms with Gasteiger partial charge in [-0.05, 0) is 37.1 Å². The molecule has 0 saturated carbocycles. The van der Waals surface area contributed by atoms with E-state index >= 15 is 0 Å². The van der Waals surface area contributed by atoms with Crippen molar-refractivity contribution in [3.05, 3.63) is 47.3 Å². The molecule has 5 nitrogen and oxygen atoms in total. The maximum Gasteiger partial charge on any atom is 0.197 e. The molecule has 0 saturated heterocycles. The van der Waals surface area contributed by atoms with Crippen LogP contribution in [0.15, 0.2) is 35.6 Å². The summed E-state index contributed by atoms with van der Waals surface area (Å²) >= 11 is 0. The number of aromatic nitrogens is 3. The number of H-pyrrole nitrogens is 1. The SMILES string of the molecule is COc1ccc2nc([S@@](=O)Cc3ncc(C)cc3C)[nH]c2c1. The molecule has 3 aromatic rings. The van der Waals surface area contributed by atoms with Gasteiger partial charge in [-0.3, -0.25) is 9.19 Å². The topological polar surface area (TPSA) is 67.9 Å². The number of methoxy groups -OCH3 is 1. The van der Waals surface area contributed by atoms with Gasteiger partial charge in [-0.15, -0.1) is 0 Å². The molecule has 0 radical (unpaired) electrons. The number of aromatic amines is 1. The van der Waals surface area contributed by atoms with Crippen molar-refractivity contribution < 1.29 is 8.95 Å². The standard InChI is InChI=1S/C16H17N3O2S/c1-10-6-11(2)15(17-8-10)9-22(20)16-18-13-5-4-12(21-3)7-14(13)19-16/h4-8H,9H2,1-3H3,(H,18,19)/t22-/m0/s1. The molecule has 6 heteroatoms. The van der Waals surface area contributed by atoms with Gasteiger partial charge in [0, 0.05) is 12.3 Å². The van der Waals surface area contributed by atoms with Crippen LogP contribution in [0.5, 0.6) is 5.75 Å². The molecular weight excluding hydrogens is 298 g/mol. The zero-order valence-electron chi connectivity index (χ0n) is 12.7.